The van der Waals surface area contributed by atoms with Crippen LogP contribution in [-0.2, 0) is 32.6 Å². The van der Waals surface area contributed by atoms with Crippen molar-refractivity contribution < 1.29 is 22.7 Å². The van der Waals surface area contributed by atoms with Crippen LogP contribution in [-0.4, -0.2) is 51.9 Å². The highest BCUT2D eigenvalue weighted by Crippen LogP contribution is 2.26. The van der Waals surface area contributed by atoms with Gasteiger partial charge in [0.05, 0.1) is 17.7 Å². The Morgan fingerprint density at radius 2 is 1.37 bits per heavy atom. The minimum atomic E-state index is -4.18. The zero-order valence-electron chi connectivity index (χ0n) is 24.9. The van der Waals surface area contributed by atoms with Gasteiger partial charge in [-0.3, -0.25) is 13.9 Å². The zero-order valence-corrected chi connectivity index (χ0v) is 25.7. The summed E-state index contributed by atoms with van der Waals surface area (Å²) in [7, 11) is -1.15. The Morgan fingerprint density at radius 3 is 1.93 bits per heavy atom. The zero-order chi connectivity index (χ0) is 31.0. The monoisotopic (exact) mass is 599 g/mol. The number of likely N-dealkylation sites (N-methyl/N-ethyl adjacent to an activating group) is 1. The Morgan fingerprint density at radius 1 is 0.791 bits per heavy atom. The summed E-state index contributed by atoms with van der Waals surface area (Å²) in [5.74, 6) is -0.345. The van der Waals surface area contributed by atoms with Crippen LogP contribution in [0.3, 0.4) is 0 Å². The topological polar surface area (TPSA) is 96.0 Å². The van der Waals surface area contributed by atoms with Gasteiger partial charge in [0.2, 0.25) is 11.8 Å². The van der Waals surface area contributed by atoms with Crippen LogP contribution in [0.4, 0.5) is 5.69 Å². The number of hydrogen-bond donors (Lipinski definition) is 1. The molecular weight excluding hydrogens is 562 g/mol. The minimum absolute atomic E-state index is 0.0129. The molecule has 4 aromatic rings. The second-order valence-corrected chi connectivity index (χ2v) is 12.2. The lowest BCUT2D eigenvalue weighted by molar-refractivity contribution is -0.139. The highest BCUT2D eigenvalue weighted by Gasteiger charge is 2.34. The van der Waals surface area contributed by atoms with E-state index in [9.17, 15) is 18.0 Å². The fourth-order valence-electron chi connectivity index (χ4n) is 4.73. The molecule has 0 spiro atoms. The van der Waals surface area contributed by atoms with Crippen molar-refractivity contribution in [2.24, 2.45) is 0 Å². The van der Waals surface area contributed by atoms with Crippen molar-refractivity contribution in [1.29, 1.82) is 0 Å². The Hall–Kier alpha value is -4.63. The van der Waals surface area contributed by atoms with E-state index in [1.165, 1.54) is 31.2 Å². The van der Waals surface area contributed by atoms with Crippen LogP contribution in [0, 0.1) is 13.8 Å². The molecule has 9 heteroatoms. The first kappa shape index (κ1) is 31.3. The number of aryl methyl sites for hydroxylation is 2. The molecule has 0 radical (unpaired) electrons. The van der Waals surface area contributed by atoms with Crippen molar-refractivity contribution in [1.82, 2.24) is 10.2 Å². The molecule has 0 heterocycles. The van der Waals surface area contributed by atoms with Gasteiger partial charge in [-0.05, 0) is 61.4 Å². The molecule has 0 aliphatic carbocycles. The number of carbonyl (C=O) groups is 2. The van der Waals surface area contributed by atoms with Crippen LogP contribution < -0.4 is 14.4 Å². The van der Waals surface area contributed by atoms with E-state index in [1.54, 1.807) is 36.4 Å². The van der Waals surface area contributed by atoms with Gasteiger partial charge in [0.25, 0.3) is 10.0 Å². The number of carbonyl (C=O) groups excluding carboxylic acids is 2. The Labute approximate surface area is 254 Å². The van der Waals surface area contributed by atoms with Gasteiger partial charge in [0.1, 0.15) is 18.3 Å². The first-order chi connectivity index (χ1) is 20.6. The average molecular weight is 600 g/mol. The number of anilines is 1. The second-order valence-electron chi connectivity index (χ2n) is 10.3. The molecular formula is C34H37N3O5S. The van der Waals surface area contributed by atoms with Crippen molar-refractivity contribution in [3.05, 3.63) is 125 Å². The van der Waals surface area contributed by atoms with Gasteiger partial charge in [-0.25, -0.2) is 8.42 Å². The highest BCUT2D eigenvalue weighted by molar-refractivity contribution is 7.92. The van der Waals surface area contributed by atoms with E-state index in [0.717, 1.165) is 26.6 Å². The SMILES string of the molecule is CNC(=O)[C@@H](Cc1ccccc1)N(Cc1ccc(C)cc1)C(=O)CN(c1ccc(C)cc1)S(=O)(=O)c1ccc(OC)cc1. The van der Waals surface area contributed by atoms with Gasteiger partial charge in [0.15, 0.2) is 0 Å². The van der Waals surface area contributed by atoms with Gasteiger partial charge < -0.3 is 15.0 Å². The van der Waals surface area contributed by atoms with E-state index in [1.807, 2.05) is 68.4 Å². The minimum Gasteiger partial charge on any atom is -0.497 e. The van der Waals surface area contributed by atoms with Crippen molar-refractivity contribution in [2.45, 2.75) is 37.8 Å². The summed E-state index contributed by atoms with van der Waals surface area (Å²) in [5.41, 5.74) is 4.04. The van der Waals surface area contributed by atoms with Gasteiger partial charge >= 0.3 is 0 Å². The predicted molar refractivity (Wildman–Crippen MR) is 168 cm³/mol. The van der Waals surface area contributed by atoms with Crippen molar-refractivity contribution in [3.8, 4) is 5.75 Å². The number of hydrogen-bond acceptors (Lipinski definition) is 5. The van der Waals surface area contributed by atoms with Gasteiger partial charge in [-0.2, -0.15) is 0 Å². The smallest absolute Gasteiger partial charge is 0.264 e. The Kier molecular flexibility index (Phi) is 10.2. The molecule has 1 atom stereocenters. The fourth-order valence-corrected chi connectivity index (χ4v) is 6.14. The third kappa shape index (κ3) is 7.81. The lowest BCUT2D eigenvalue weighted by Gasteiger charge is -2.33. The lowest BCUT2D eigenvalue weighted by Crippen LogP contribution is -2.53. The molecule has 2 amide bonds. The maximum atomic E-state index is 14.3. The van der Waals surface area contributed by atoms with Crippen LogP contribution in [0.25, 0.3) is 0 Å². The summed E-state index contributed by atoms with van der Waals surface area (Å²) in [6, 6.07) is 29.2. The molecule has 4 rings (SSSR count). The molecule has 43 heavy (non-hydrogen) atoms. The van der Waals surface area contributed by atoms with Crippen LogP contribution >= 0.6 is 0 Å². The summed E-state index contributed by atoms with van der Waals surface area (Å²) in [6.07, 6.45) is 0.258. The second kappa shape index (κ2) is 14.0. The molecule has 1 N–H and O–H groups in total. The summed E-state index contributed by atoms with van der Waals surface area (Å²) in [4.78, 5) is 29.1. The number of benzene rings is 4. The molecule has 0 bridgehead atoms. The fraction of sp³-hybridized carbons (Fsp3) is 0.235. The molecule has 0 aliphatic rings. The number of nitrogens with one attached hydrogen (secondary N) is 1. The van der Waals surface area contributed by atoms with Gasteiger partial charge in [-0.15, -0.1) is 0 Å². The van der Waals surface area contributed by atoms with Crippen molar-refractivity contribution in [2.75, 3.05) is 25.0 Å². The van der Waals surface area contributed by atoms with E-state index < -0.39 is 28.5 Å². The van der Waals surface area contributed by atoms with Crippen LogP contribution in [0.5, 0.6) is 5.75 Å². The van der Waals surface area contributed by atoms with E-state index >= 15 is 0 Å². The number of rotatable bonds is 12. The van der Waals surface area contributed by atoms with Crippen LogP contribution in [0.15, 0.2) is 108 Å². The summed E-state index contributed by atoms with van der Waals surface area (Å²) < 4.78 is 34.4. The molecule has 0 unspecified atom stereocenters. The van der Waals surface area contributed by atoms with Crippen molar-refractivity contribution >= 4 is 27.5 Å². The van der Waals surface area contributed by atoms with Gasteiger partial charge in [-0.1, -0.05) is 77.9 Å². The third-order valence-electron chi connectivity index (χ3n) is 7.24. The highest BCUT2D eigenvalue weighted by atomic mass is 32.2. The van der Waals surface area contributed by atoms with E-state index in [4.69, 9.17) is 4.74 Å². The number of methoxy groups -OCH3 is 1. The van der Waals surface area contributed by atoms with Gasteiger partial charge in [0, 0.05) is 20.0 Å². The first-order valence-corrected chi connectivity index (χ1v) is 15.4. The largest absolute Gasteiger partial charge is 0.497 e. The first-order valence-electron chi connectivity index (χ1n) is 14.0. The van der Waals surface area contributed by atoms with Crippen LogP contribution in [0.1, 0.15) is 22.3 Å². The van der Waals surface area contributed by atoms with Crippen LogP contribution in [0.2, 0.25) is 0 Å². The van der Waals surface area contributed by atoms with E-state index in [-0.39, 0.29) is 23.8 Å². The lowest BCUT2D eigenvalue weighted by atomic mass is 10.0. The van der Waals surface area contributed by atoms with E-state index in [0.29, 0.717) is 11.4 Å². The molecule has 0 aromatic heterocycles. The summed E-state index contributed by atoms with van der Waals surface area (Å²) in [5, 5.41) is 2.70. The molecule has 0 fully saturated rings. The average Bonchev–Trinajstić information content (AvgIpc) is 3.03. The maximum Gasteiger partial charge on any atom is 0.264 e. The molecule has 0 saturated carbocycles. The quantitative estimate of drug-likeness (QED) is 0.250. The number of nitrogens with zero attached hydrogens (tertiary/aromatic N) is 2. The Bertz CT molecular complexity index is 1620. The standard InChI is InChI=1S/C34H37N3O5S/c1-25-10-14-28(15-11-25)23-36(32(34(39)35-3)22-27-8-6-5-7-9-27)33(38)24-37(29-16-12-26(2)13-17-29)43(40,41)31-20-18-30(42-4)19-21-31/h5-21,32H,22-24H2,1-4H3,(H,35,39)/t32-/m1/s1. The molecule has 0 aliphatic heterocycles. The van der Waals surface area contributed by atoms with Crippen molar-refractivity contribution in [3.63, 3.8) is 0 Å². The molecule has 0 saturated heterocycles. The molecule has 224 valence electrons. The normalized spacial score (nSPS) is 11.8. The summed E-state index contributed by atoms with van der Waals surface area (Å²) in [6.45, 7) is 3.48. The molecule has 8 nitrogen and oxygen atoms in total. The third-order valence-corrected chi connectivity index (χ3v) is 9.03. The maximum absolute atomic E-state index is 14.3. The number of ether oxygens (including phenoxy) is 1. The molecule has 4 aromatic carbocycles. The number of sulfonamides is 1. The summed E-state index contributed by atoms with van der Waals surface area (Å²) >= 11 is 0. The number of amides is 2. The van der Waals surface area contributed by atoms with E-state index in [2.05, 4.69) is 5.32 Å². The predicted octanol–water partition coefficient (Wildman–Crippen LogP) is 4.89. The Balaban J connectivity index is 1.77.